The molecule has 0 fully saturated rings. The van der Waals surface area contributed by atoms with Gasteiger partial charge in [0, 0.05) is 30.1 Å². The lowest BCUT2D eigenvalue weighted by Gasteiger charge is -2.27. The number of aryl methyl sites for hydroxylation is 1. The summed E-state index contributed by atoms with van der Waals surface area (Å²) in [7, 11) is 0. The van der Waals surface area contributed by atoms with Crippen molar-refractivity contribution in [3.8, 4) is 5.75 Å². The Labute approximate surface area is 125 Å². The van der Waals surface area contributed by atoms with Crippen molar-refractivity contribution in [2.24, 2.45) is 0 Å². The van der Waals surface area contributed by atoms with E-state index in [0.717, 1.165) is 18.6 Å². The molecule has 1 aliphatic heterocycles. The second kappa shape index (κ2) is 6.27. The normalized spacial score (nSPS) is 17.1. The molecule has 0 bridgehead atoms. The summed E-state index contributed by atoms with van der Waals surface area (Å²) >= 11 is 0. The molecule has 2 nitrogen and oxygen atoms in total. The molecule has 0 aliphatic carbocycles. The lowest BCUT2D eigenvalue weighted by molar-refractivity contribution is 0.251. The predicted molar refractivity (Wildman–Crippen MR) is 81.9 cm³/mol. The van der Waals surface area contributed by atoms with Crippen LogP contribution in [0, 0.1) is 5.82 Å². The van der Waals surface area contributed by atoms with Gasteiger partial charge in [-0.15, -0.1) is 0 Å². The first-order valence-corrected chi connectivity index (χ1v) is 7.50. The van der Waals surface area contributed by atoms with Crippen LogP contribution >= 0.6 is 0 Å². The number of hydrogen-bond donors (Lipinski definition) is 1. The van der Waals surface area contributed by atoms with E-state index in [9.17, 15) is 4.39 Å². The fourth-order valence-corrected chi connectivity index (χ4v) is 2.75. The maximum atomic E-state index is 13.7. The molecule has 1 heterocycles. The van der Waals surface area contributed by atoms with Crippen LogP contribution < -0.4 is 10.1 Å². The topological polar surface area (TPSA) is 21.3 Å². The molecule has 0 saturated carbocycles. The Bertz CT molecular complexity index is 626. The number of fused-ring (bicyclic) bond motifs is 1. The van der Waals surface area contributed by atoms with Crippen LogP contribution in [0.15, 0.2) is 42.5 Å². The van der Waals surface area contributed by atoms with Gasteiger partial charge >= 0.3 is 0 Å². The smallest absolute Gasteiger partial charge is 0.127 e. The summed E-state index contributed by atoms with van der Waals surface area (Å²) in [5.41, 5.74) is 3.20. The van der Waals surface area contributed by atoms with Crippen LogP contribution in [0.5, 0.6) is 5.75 Å². The molecule has 1 aliphatic rings. The Kier molecular flexibility index (Phi) is 4.20. The Balaban J connectivity index is 1.77. The molecule has 3 rings (SSSR count). The minimum absolute atomic E-state index is 0.153. The zero-order chi connectivity index (χ0) is 14.7. The van der Waals surface area contributed by atoms with Crippen molar-refractivity contribution < 1.29 is 9.13 Å². The molecule has 0 amide bonds. The molecule has 21 heavy (non-hydrogen) atoms. The van der Waals surface area contributed by atoms with Crippen molar-refractivity contribution in [3.05, 3.63) is 65.0 Å². The first kappa shape index (κ1) is 14.1. The minimum atomic E-state index is -0.153. The molecule has 2 aromatic rings. The number of hydrogen-bond acceptors (Lipinski definition) is 2. The van der Waals surface area contributed by atoms with Crippen LogP contribution in [0.2, 0.25) is 0 Å². The lowest BCUT2D eigenvalue weighted by Crippen LogP contribution is -2.27. The lowest BCUT2D eigenvalue weighted by atomic mass is 9.97. The highest BCUT2D eigenvalue weighted by Crippen LogP contribution is 2.33. The number of rotatable bonds is 4. The SMILES string of the molecule is CCc1ccc2c(c1)C(NCc1ccccc1F)CCO2. The average molecular weight is 285 g/mol. The highest BCUT2D eigenvalue weighted by molar-refractivity contribution is 5.41. The van der Waals surface area contributed by atoms with E-state index in [0.29, 0.717) is 18.7 Å². The van der Waals surface area contributed by atoms with E-state index >= 15 is 0 Å². The van der Waals surface area contributed by atoms with Crippen LogP contribution in [-0.2, 0) is 13.0 Å². The van der Waals surface area contributed by atoms with Gasteiger partial charge in [0.05, 0.1) is 6.61 Å². The van der Waals surface area contributed by atoms with Crippen LogP contribution in [0.25, 0.3) is 0 Å². The third-order valence-corrected chi connectivity index (χ3v) is 4.02. The monoisotopic (exact) mass is 285 g/mol. The van der Waals surface area contributed by atoms with Crippen molar-refractivity contribution in [2.45, 2.75) is 32.4 Å². The van der Waals surface area contributed by atoms with Gasteiger partial charge in [-0.25, -0.2) is 4.39 Å². The van der Waals surface area contributed by atoms with Gasteiger partial charge in [-0.1, -0.05) is 37.3 Å². The molecule has 3 heteroatoms. The first-order chi connectivity index (χ1) is 10.3. The summed E-state index contributed by atoms with van der Waals surface area (Å²) in [4.78, 5) is 0. The zero-order valence-corrected chi connectivity index (χ0v) is 12.2. The Hall–Kier alpha value is -1.87. The molecule has 110 valence electrons. The van der Waals surface area contributed by atoms with Gasteiger partial charge in [-0.2, -0.15) is 0 Å². The summed E-state index contributed by atoms with van der Waals surface area (Å²) in [6, 6.07) is 13.5. The van der Waals surface area contributed by atoms with Crippen molar-refractivity contribution in [1.82, 2.24) is 5.32 Å². The average Bonchev–Trinajstić information content (AvgIpc) is 2.53. The van der Waals surface area contributed by atoms with E-state index in [-0.39, 0.29) is 11.9 Å². The Morgan fingerprint density at radius 3 is 2.90 bits per heavy atom. The molecule has 0 spiro atoms. The van der Waals surface area contributed by atoms with E-state index in [1.54, 1.807) is 6.07 Å². The van der Waals surface area contributed by atoms with Crippen LogP contribution in [0.4, 0.5) is 4.39 Å². The minimum Gasteiger partial charge on any atom is -0.493 e. The van der Waals surface area contributed by atoms with Gasteiger partial charge < -0.3 is 10.1 Å². The second-order valence-corrected chi connectivity index (χ2v) is 5.39. The van der Waals surface area contributed by atoms with Gasteiger partial charge in [-0.05, 0) is 24.1 Å². The van der Waals surface area contributed by atoms with Crippen LogP contribution in [0.1, 0.15) is 36.1 Å². The maximum Gasteiger partial charge on any atom is 0.127 e. The molecule has 0 saturated heterocycles. The molecule has 0 aromatic heterocycles. The highest BCUT2D eigenvalue weighted by Gasteiger charge is 2.21. The van der Waals surface area contributed by atoms with E-state index in [4.69, 9.17) is 4.74 Å². The summed E-state index contributed by atoms with van der Waals surface area (Å²) in [5, 5.41) is 3.47. The van der Waals surface area contributed by atoms with Gasteiger partial charge in [0.15, 0.2) is 0 Å². The summed E-state index contributed by atoms with van der Waals surface area (Å²) in [5.74, 6) is 0.795. The summed E-state index contributed by atoms with van der Waals surface area (Å²) < 4.78 is 19.4. The molecule has 0 radical (unpaired) electrons. The molecule has 2 aromatic carbocycles. The third-order valence-electron chi connectivity index (χ3n) is 4.02. The zero-order valence-electron chi connectivity index (χ0n) is 12.2. The first-order valence-electron chi connectivity index (χ1n) is 7.50. The molecule has 1 atom stereocenters. The van der Waals surface area contributed by atoms with Crippen LogP contribution in [0.3, 0.4) is 0 Å². The molecule has 1 unspecified atom stereocenters. The van der Waals surface area contributed by atoms with Crippen molar-refractivity contribution in [1.29, 1.82) is 0 Å². The van der Waals surface area contributed by atoms with E-state index in [1.807, 2.05) is 18.2 Å². The third kappa shape index (κ3) is 3.08. The summed E-state index contributed by atoms with van der Waals surface area (Å²) in [6.45, 7) is 3.38. The van der Waals surface area contributed by atoms with Gasteiger partial charge in [-0.3, -0.25) is 0 Å². The van der Waals surface area contributed by atoms with E-state index in [2.05, 4.69) is 24.4 Å². The Morgan fingerprint density at radius 2 is 2.10 bits per heavy atom. The predicted octanol–water partition coefficient (Wildman–Crippen LogP) is 4.00. The number of halogens is 1. The van der Waals surface area contributed by atoms with Gasteiger partial charge in [0.1, 0.15) is 11.6 Å². The number of nitrogens with one attached hydrogen (secondary N) is 1. The van der Waals surface area contributed by atoms with Crippen molar-refractivity contribution >= 4 is 0 Å². The highest BCUT2D eigenvalue weighted by atomic mass is 19.1. The number of ether oxygens (including phenoxy) is 1. The molecular weight excluding hydrogens is 265 g/mol. The molecular formula is C18H20FNO. The van der Waals surface area contributed by atoms with Crippen molar-refractivity contribution in [3.63, 3.8) is 0 Å². The quantitative estimate of drug-likeness (QED) is 0.916. The fraction of sp³-hybridized carbons (Fsp3) is 0.333. The largest absolute Gasteiger partial charge is 0.493 e. The van der Waals surface area contributed by atoms with E-state index < -0.39 is 0 Å². The van der Waals surface area contributed by atoms with Gasteiger partial charge in [0.25, 0.3) is 0 Å². The number of benzene rings is 2. The van der Waals surface area contributed by atoms with Gasteiger partial charge in [0.2, 0.25) is 0 Å². The maximum absolute atomic E-state index is 13.7. The van der Waals surface area contributed by atoms with Crippen molar-refractivity contribution in [2.75, 3.05) is 6.61 Å². The summed E-state index contributed by atoms with van der Waals surface area (Å²) in [6.07, 6.45) is 1.92. The standard InChI is InChI=1S/C18H20FNO/c1-2-13-7-8-18-15(11-13)17(9-10-21-18)20-12-14-5-3-4-6-16(14)19/h3-8,11,17,20H,2,9-10,12H2,1H3. The fourth-order valence-electron chi connectivity index (χ4n) is 2.75. The second-order valence-electron chi connectivity index (χ2n) is 5.39. The molecule has 1 N–H and O–H groups in total. The van der Waals surface area contributed by atoms with E-state index in [1.165, 1.54) is 17.2 Å². The van der Waals surface area contributed by atoms with Crippen LogP contribution in [-0.4, -0.2) is 6.61 Å². The Morgan fingerprint density at radius 1 is 1.24 bits per heavy atom.